The van der Waals surface area contributed by atoms with Gasteiger partial charge in [0.05, 0.1) is 27.9 Å². The lowest BCUT2D eigenvalue weighted by Gasteiger charge is -2.36. The molecule has 1 aromatic heterocycles. The Hall–Kier alpha value is -5.45. The second-order valence-corrected chi connectivity index (χ2v) is 12.3. The van der Waals surface area contributed by atoms with Gasteiger partial charge in [-0.05, 0) is 61.0 Å². The molecule has 0 radical (unpaired) electrons. The molecule has 1 aliphatic rings. The van der Waals surface area contributed by atoms with Crippen molar-refractivity contribution in [2.45, 2.75) is 43.7 Å². The van der Waals surface area contributed by atoms with Gasteiger partial charge in [-0.15, -0.1) is 0 Å². The minimum absolute atomic E-state index is 0.150. The van der Waals surface area contributed by atoms with E-state index in [9.17, 15) is 31.2 Å². The molecule has 13 nitrogen and oxygen atoms in total. The number of alkyl halides is 3. The molecule has 4 aromatic rings. The fraction of sp³-hybridized carbons (Fsp3) is 0.258. The maximum atomic E-state index is 13.5. The molecule has 1 saturated heterocycles. The lowest BCUT2D eigenvalue weighted by Crippen LogP contribution is -2.47. The first kappa shape index (κ1) is 33.9. The summed E-state index contributed by atoms with van der Waals surface area (Å²) in [5.74, 6) is -0.602. The number of ether oxygens (including phenoxy) is 2. The Labute approximate surface area is 272 Å². The van der Waals surface area contributed by atoms with Crippen molar-refractivity contribution in [2.24, 2.45) is 10.5 Å². The zero-order valence-electron chi connectivity index (χ0n) is 25.5. The third-order valence-corrected chi connectivity index (χ3v) is 8.43. The molecule has 252 valence electrons. The Balaban J connectivity index is 1.14. The fourth-order valence-electron chi connectivity index (χ4n) is 4.45. The Kier molecular flexibility index (Phi) is 9.98. The van der Waals surface area contributed by atoms with Gasteiger partial charge in [-0.3, -0.25) is 5.01 Å². The number of carbonyl (C=O) groups excluding carboxylic acids is 2. The summed E-state index contributed by atoms with van der Waals surface area (Å²) in [4.78, 5) is 29.1. The van der Waals surface area contributed by atoms with Crippen LogP contribution in [0.2, 0.25) is 0 Å². The van der Waals surface area contributed by atoms with Crippen LogP contribution in [-0.2, 0) is 30.5 Å². The van der Waals surface area contributed by atoms with Crippen LogP contribution in [0.1, 0.15) is 35.0 Å². The van der Waals surface area contributed by atoms with Crippen molar-refractivity contribution >= 4 is 22.1 Å². The molecule has 2 unspecified atom stereocenters. The number of aromatic nitrogens is 2. The zero-order valence-corrected chi connectivity index (χ0v) is 26.3. The van der Waals surface area contributed by atoms with Gasteiger partial charge >= 0.3 is 18.2 Å². The SMILES string of the molecule is Cc1ccc(-c2cc(C(F)(F)F)nn2-c2ccc(S(=O)(=O)NC(=O)OCC3CCN3N=NOC(C)OC(=O)c3ccccc3)cc2)cc1. The molecule has 0 aliphatic carbocycles. The van der Waals surface area contributed by atoms with Crippen LogP contribution < -0.4 is 4.72 Å². The van der Waals surface area contributed by atoms with Gasteiger partial charge in [-0.1, -0.05) is 48.0 Å². The van der Waals surface area contributed by atoms with E-state index >= 15 is 0 Å². The molecule has 1 amide bonds. The first-order valence-corrected chi connectivity index (χ1v) is 15.9. The number of benzene rings is 3. The van der Waals surface area contributed by atoms with E-state index in [1.807, 2.05) is 6.92 Å². The number of aryl methyl sites for hydroxylation is 1. The monoisotopic (exact) mass is 686 g/mol. The number of hydrogen-bond acceptors (Lipinski definition) is 10. The molecule has 0 spiro atoms. The van der Waals surface area contributed by atoms with E-state index in [0.717, 1.165) is 28.4 Å². The van der Waals surface area contributed by atoms with Crippen molar-refractivity contribution in [3.8, 4) is 16.9 Å². The van der Waals surface area contributed by atoms with E-state index in [-0.39, 0.29) is 22.9 Å². The number of esters is 1. The predicted molar refractivity (Wildman–Crippen MR) is 163 cm³/mol. The number of nitrogens with zero attached hydrogens (tertiary/aromatic N) is 5. The van der Waals surface area contributed by atoms with Crippen LogP contribution in [0.4, 0.5) is 18.0 Å². The molecule has 2 atom stereocenters. The highest BCUT2D eigenvalue weighted by Crippen LogP contribution is 2.33. The highest BCUT2D eigenvalue weighted by Gasteiger charge is 2.35. The highest BCUT2D eigenvalue weighted by atomic mass is 32.2. The van der Waals surface area contributed by atoms with E-state index in [1.165, 1.54) is 24.1 Å². The number of rotatable bonds is 11. The van der Waals surface area contributed by atoms with E-state index in [4.69, 9.17) is 14.3 Å². The van der Waals surface area contributed by atoms with E-state index in [0.29, 0.717) is 24.1 Å². The van der Waals surface area contributed by atoms with Crippen LogP contribution in [0, 0.1) is 6.92 Å². The lowest BCUT2D eigenvalue weighted by atomic mass is 10.1. The molecule has 1 fully saturated rings. The fourth-order valence-corrected chi connectivity index (χ4v) is 5.34. The van der Waals surface area contributed by atoms with Crippen molar-refractivity contribution in [3.05, 3.63) is 102 Å². The molecular weight excluding hydrogens is 657 g/mol. The maximum absolute atomic E-state index is 13.5. The predicted octanol–water partition coefficient (Wildman–Crippen LogP) is 5.86. The summed E-state index contributed by atoms with van der Waals surface area (Å²) >= 11 is 0. The lowest BCUT2D eigenvalue weighted by molar-refractivity contribution is -0.141. The van der Waals surface area contributed by atoms with Gasteiger partial charge in [-0.25, -0.2) is 27.4 Å². The summed E-state index contributed by atoms with van der Waals surface area (Å²) in [5, 5.41) is 12.5. The van der Waals surface area contributed by atoms with Crippen molar-refractivity contribution in [1.82, 2.24) is 19.5 Å². The number of amides is 1. The summed E-state index contributed by atoms with van der Waals surface area (Å²) in [6.07, 6.45) is -6.42. The normalized spacial score (nSPS) is 15.4. The molecule has 48 heavy (non-hydrogen) atoms. The second kappa shape index (κ2) is 14.1. The van der Waals surface area contributed by atoms with Crippen LogP contribution in [0.15, 0.2) is 100 Å². The van der Waals surface area contributed by atoms with Crippen molar-refractivity contribution < 1.29 is 45.5 Å². The standard InChI is InChI=1S/C31H29F3N6O7S/c1-20-8-10-22(11-9-20)27-18-28(31(32,33)34)35-40(27)24-12-14-26(15-13-24)48(43,44)36-30(42)45-19-25-16-17-39(25)37-38-47-21(2)46-29(41)23-6-4-3-5-7-23/h3-15,18,21,25H,16-17,19H2,1-2H3,(H,36,42). The summed E-state index contributed by atoms with van der Waals surface area (Å²) < 4.78 is 79.2. The number of carbonyl (C=O) groups is 2. The average Bonchev–Trinajstić information content (AvgIpc) is 3.50. The minimum atomic E-state index is -4.71. The second-order valence-electron chi connectivity index (χ2n) is 10.6. The zero-order chi connectivity index (χ0) is 34.5. The van der Waals surface area contributed by atoms with Crippen molar-refractivity contribution in [1.29, 1.82) is 0 Å². The third kappa shape index (κ3) is 8.28. The summed E-state index contributed by atoms with van der Waals surface area (Å²) in [7, 11) is -4.40. The topological polar surface area (TPSA) is 154 Å². The minimum Gasteiger partial charge on any atom is -0.447 e. The van der Waals surface area contributed by atoms with E-state index in [1.54, 1.807) is 59.3 Å². The van der Waals surface area contributed by atoms with E-state index < -0.39 is 46.3 Å². The van der Waals surface area contributed by atoms with Crippen molar-refractivity contribution in [3.63, 3.8) is 0 Å². The molecule has 0 saturated carbocycles. The van der Waals surface area contributed by atoms with Gasteiger partial charge in [-0.2, -0.15) is 18.3 Å². The number of sulfonamides is 1. The van der Waals surface area contributed by atoms with Crippen LogP contribution in [-0.4, -0.2) is 60.8 Å². The Morgan fingerprint density at radius 2 is 1.73 bits per heavy atom. The summed E-state index contributed by atoms with van der Waals surface area (Å²) in [5.41, 5.74) is 0.926. The van der Waals surface area contributed by atoms with Gasteiger partial charge in [0.15, 0.2) is 5.69 Å². The number of halogens is 3. The molecule has 0 bridgehead atoms. The van der Waals surface area contributed by atoms with Crippen LogP contribution in [0.3, 0.4) is 0 Å². The third-order valence-electron chi connectivity index (χ3n) is 7.11. The Morgan fingerprint density at radius 1 is 1.04 bits per heavy atom. The quantitative estimate of drug-likeness (QED) is 0.0885. The molecule has 5 rings (SSSR count). The number of nitrogens with one attached hydrogen (secondary N) is 1. The number of hydrogen-bond donors (Lipinski definition) is 1. The first-order chi connectivity index (χ1) is 22.8. The Morgan fingerprint density at radius 3 is 2.35 bits per heavy atom. The maximum Gasteiger partial charge on any atom is 0.435 e. The van der Waals surface area contributed by atoms with Crippen LogP contribution in [0.5, 0.6) is 0 Å². The molecule has 17 heteroatoms. The van der Waals surface area contributed by atoms with Gasteiger partial charge in [0, 0.05) is 24.3 Å². The molecule has 1 N–H and O–H groups in total. The van der Waals surface area contributed by atoms with Crippen molar-refractivity contribution in [2.75, 3.05) is 13.2 Å². The van der Waals surface area contributed by atoms with E-state index in [2.05, 4.69) is 15.6 Å². The highest BCUT2D eigenvalue weighted by molar-refractivity contribution is 7.90. The smallest absolute Gasteiger partial charge is 0.435 e. The first-order valence-electron chi connectivity index (χ1n) is 14.4. The van der Waals surface area contributed by atoms with Crippen LogP contribution >= 0.6 is 0 Å². The summed E-state index contributed by atoms with van der Waals surface area (Å²) in [6.45, 7) is 3.53. The Bertz CT molecular complexity index is 1880. The van der Waals surface area contributed by atoms with Crippen LogP contribution in [0.25, 0.3) is 16.9 Å². The molecular formula is C31H29F3N6O7S. The molecule has 1 aliphatic heterocycles. The molecule has 3 aromatic carbocycles. The van der Waals surface area contributed by atoms with Gasteiger partial charge in [0.2, 0.25) is 0 Å². The van der Waals surface area contributed by atoms with Gasteiger partial charge in [0.25, 0.3) is 16.3 Å². The largest absolute Gasteiger partial charge is 0.447 e. The van der Waals surface area contributed by atoms with Gasteiger partial charge in [0.1, 0.15) is 6.61 Å². The van der Waals surface area contributed by atoms with Gasteiger partial charge < -0.3 is 14.3 Å². The summed E-state index contributed by atoms with van der Waals surface area (Å²) in [6, 6.07) is 20.4. The average molecular weight is 687 g/mol. The molecule has 2 heterocycles.